The molecular formula is C18H19N3O5S. The molecule has 0 aliphatic heterocycles. The van der Waals surface area contributed by atoms with Gasteiger partial charge in [-0.2, -0.15) is 0 Å². The molecule has 0 saturated carbocycles. The molecule has 1 aliphatic carbocycles. The maximum absolute atomic E-state index is 12.4. The lowest BCUT2D eigenvalue weighted by Gasteiger charge is -2.06. The molecule has 142 valence electrons. The molecule has 0 bridgehead atoms. The number of hydrogen-bond acceptors (Lipinski definition) is 7. The number of fused-ring (bicyclic) bond motifs is 1. The van der Waals surface area contributed by atoms with Crippen LogP contribution in [0.3, 0.4) is 0 Å². The van der Waals surface area contributed by atoms with Gasteiger partial charge in [0, 0.05) is 22.6 Å². The van der Waals surface area contributed by atoms with E-state index < -0.39 is 16.8 Å². The number of aryl methyl sites for hydroxylation is 2. The van der Waals surface area contributed by atoms with Gasteiger partial charge in [0.05, 0.1) is 29.8 Å². The first-order valence-corrected chi connectivity index (χ1v) is 9.43. The largest absolute Gasteiger partial charge is 0.465 e. The summed E-state index contributed by atoms with van der Waals surface area (Å²) < 4.78 is 4.59. The van der Waals surface area contributed by atoms with Crippen molar-refractivity contribution in [3.05, 3.63) is 55.0 Å². The summed E-state index contributed by atoms with van der Waals surface area (Å²) in [5.41, 5.74) is 0.759. The first-order valence-electron chi connectivity index (χ1n) is 8.61. The summed E-state index contributed by atoms with van der Waals surface area (Å²) in [7, 11) is 1.17. The molecule has 2 aromatic rings. The lowest BCUT2D eigenvalue weighted by molar-refractivity contribution is -0.384. The van der Waals surface area contributed by atoms with E-state index in [0.29, 0.717) is 0 Å². The van der Waals surface area contributed by atoms with Gasteiger partial charge in [-0.05, 0) is 31.7 Å². The highest BCUT2D eigenvalue weighted by molar-refractivity contribution is 7.11. The van der Waals surface area contributed by atoms with E-state index in [0.717, 1.165) is 48.5 Å². The average Bonchev–Trinajstić information content (AvgIpc) is 2.93. The summed E-state index contributed by atoms with van der Waals surface area (Å²) in [6, 6.07) is 3.50. The second-order valence-corrected chi connectivity index (χ2v) is 7.41. The summed E-state index contributed by atoms with van der Waals surface area (Å²) in [6.07, 6.45) is 5.49. The van der Waals surface area contributed by atoms with Crippen molar-refractivity contribution in [2.45, 2.75) is 38.6 Å². The number of aromatic nitrogens is 1. The van der Waals surface area contributed by atoms with Gasteiger partial charge in [0.25, 0.3) is 11.6 Å². The normalized spacial score (nSPS) is 13.4. The molecule has 0 atom stereocenters. The number of carbonyl (C=O) groups is 2. The van der Waals surface area contributed by atoms with Crippen molar-refractivity contribution in [2.24, 2.45) is 0 Å². The van der Waals surface area contributed by atoms with Gasteiger partial charge in [0.2, 0.25) is 0 Å². The highest BCUT2D eigenvalue weighted by atomic mass is 32.1. The van der Waals surface area contributed by atoms with Crippen LogP contribution in [-0.4, -0.2) is 28.9 Å². The number of carbonyl (C=O) groups excluding carboxylic acids is 2. The van der Waals surface area contributed by atoms with Crippen molar-refractivity contribution in [1.29, 1.82) is 0 Å². The molecule has 9 heteroatoms. The fraction of sp³-hybridized carbons (Fsp3) is 0.389. The Morgan fingerprint density at radius 1 is 1.22 bits per heavy atom. The third-order valence-electron chi connectivity index (χ3n) is 4.35. The zero-order valence-corrected chi connectivity index (χ0v) is 15.6. The number of nitrogens with one attached hydrogen (secondary N) is 1. The Morgan fingerprint density at radius 2 is 1.96 bits per heavy atom. The van der Waals surface area contributed by atoms with E-state index in [1.54, 1.807) is 11.3 Å². The minimum absolute atomic E-state index is 0.0303. The Labute approximate surface area is 159 Å². The number of nitro benzene ring substituents is 1. The molecule has 1 aromatic heterocycles. The van der Waals surface area contributed by atoms with Crippen molar-refractivity contribution < 1.29 is 19.2 Å². The van der Waals surface area contributed by atoms with E-state index in [1.165, 1.54) is 24.5 Å². The van der Waals surface area contributed by atoms with Crippen molar-refractivity contribution in [3.8, 4) is 0 Å². The van der Waals surface area contributed by atoms with Crippen LogP contribution < -0.4 is 5.32 Å². The van der Waals surface area contributed by atoms with E-state index in [9.17, 15) is 19.7 Å². The van der Waals surface area contributed by atoms with Crippen LogP contribution in [0.2, 0.25) is 0 Å². The van der Waals surface area contributed by atoms with Gasteiger partial charge < -0.3 is 10.1 Å². The molecule has 3 rings (SSSR count). The van der Waals surface area contributed by atoms with E-state index in [2.05, 4.69) is 15.0 Å². The molecule has 1 aliphatic rings. The van der Waals surface area contributed by atoms with Crippen LogP contribution in [0.15, 0.2) is 18.2 Å². The number of hydrogen-bond donors (Lipinski definition) is 1. The van der Waals surface area contributed by atoms with Crippen LogP contribution in [0.1, 0.15) is 55.6 Å². The van der Waals surface area contributed by atoms with Crippen molar-refractivity contribution in [1.82, 2.24) is 10.3 Å². The van der Waals surface area contributed by atoms with Crippen LogP contribution in [-0.2, 0) is 24.1 Å². The van der Waals surface area contributed by atoms with Crippen molar-refractivity contribution in [3.63, 3.8) is 0 Å². The first-order chi connectivity index (χ1) is 13.0. The predicted molar refractivity (Wildman–Crippen MR) is 99.0 cm³/mol. The lowest BCUT2D eigenvalue weighted by atomic mass is 10.1. The molecule has 0 saturated heterocycles. The van der Waals surface area contributed by atoms with Crippen LogP contribution in [0.5, 0.6) is 0 Å². The Bertz CT molecular complexity index is 870. The number of esters is 1. The minimum atomic E-state index is -0.739. The SMILES string of the molecule is COC(=O)c1cc(C(=O)NCc2nc3c(s2)CCCCC3)cc([N+](=O)[O-])c1. The molecule has 0 spiro atoms. The van der Waals surface area contributed by atoms with E-state index in [4.69, 9.17) is 0 Å². The van der Waals surface area contributed by atoms with E-state index in [1.807, 2.05) is 0 Å². The number of methoxy groups -OCH3 is 1. The van der Waals surface area contributed by atoms with Gasteiger partial charge in [-0.1, -0.05) is 6.42 Å². The minimum Gasteiger partial charge on any atom is -0.465 e. The van der Waals surface area contributed by atoms with Gasteiger partial charge in [-0.3, -0.25) is 14.9 Å². The number of benzene rings is 1. The fourth-order valence-corrected chi connectivity index (χ4v) is 4.10. The lowest BCUT2D eigenvalue weighted by Crippen LogP contribution is -2.23. The second kappa shape index (κ2) is 8.26. The molecule has 1 amide bonds. The van der Waals surface area contributed by atoms with Crippen LogP contribution in [0.4, 0.5) is 5.69 Å². The second-order valence-electron chi connectivity index (χ2n) is 6.24. The Morgan fingerprint density at radius 3 is 2.70 bits per heavy atom. The molecule has 1 aromatic carbocycles. The Hall–Kier alpha value is -2.81. The predicted octanol–water partition coefficient (Wildman–Crippen LogP) is 3.04. The van der Waals surface area contributed by atoms with Crippen LogP contribution in [0, 0.1) is 10.1 Å². The van der Waals surface area contributed by atoms with Crippen molar-refractivity contribution in [2.75, 3.05) is 7.11 Å². The summed E-state index contributed by atoms with van der Waals surface area (Å²) in [4.78, 5) is 40.4. The zero-order valence-electron chi connectivity index (χ0n) is 14.8. The van der Waals surface area contributed by atoms with Gasteiger partial charge in [-0.25, -0.2) is 9.78 Å². The van der Waals surface area contributed by atoms with Gasteiger partial charge in [-0.15, -0.1) is 11.3 Å². The van der Waals surface area contributed by atoms with E-state index >= 15 is 0 Å². The van der Waals surface area contributed by atoms with Crippen molar-refractivity contribution >= 4 is 28.9 Å². The van der Waals surface area contributed by atoms with Crippen LogP contribution >= 0.6 is 11.3 Å². The third-order valence-corrected chi connectivity index (χ3v) is 5.51. The highest BCUT2D eigenvalue weighted by Crippen LogP contribution is 2.26. The first kappa shape index (κ1) is 19.0. The monoisotopic (exact) mass is 389 g/mol. The summed E-state index contributed by atoms with van der Waals surface area (Å²) in [5, 5.41) is 14.6. The third kappa shape index (κ3) is 4.48. The number of nitrogens with zero attached hydrogens (tertiary/aromatic N) is 2. The molecule has 1 N–H and O–H groups in total. The maximum atomic E-state index is 12.4. The quantitative estimate of drug-likeness (QED) is 0.364. The number of amides is 1. The number of thiazole rings is 1. The molecule has 1 heterocycles. The Kier molecular flexibility index (Phi) is 5.80. The van der Waals surface area contributed by atoms with E-state index in [-0.39, 0.29) is 23.4 Å². The van der Waals surface area contributed by atoms with Gasteiger partial charge >= 0.3 is 5.97 Å². The number of rotatable bonds is 5. The zero-order chi connectivity index (χ0) is 19.4. The molecule has 0 fully saturated rings. The summed E-state index contributed by atoms with van der Waals surface area (Å²) in [6.45, 7) is 0.243. The maximum Gasteiger partial charge on any atom is 0.338 e. The number of ether oxygens (including phenoxy) is 1. The molecule has 0 radical (unpaired) electrons. The highest BCUT2D eigenvalue weighted by Gasteiger charge is 2.19. The number of non-ortho nitro benzene ring substituents is 1. The average molecular weight is 389 g/mol. The fourth-order valence-electron chi connectivity index (χ4n) is 3.00. The molecule has 0 unspecified atom stereocenters. The smallest absolute Gasteiger partial charge is 0.338 e. The molecule has 27 heavy (non-hydrogen) atoms. The number of nitro groups is 1. The molecule has 8 nitrogen and oxygen atoms in total. The summed E-state index contributed by atoms with van der Waals surface area (Å²) in [5.74, 6) is -1.24. The van der Waals surface area contributed by atoms with Gasteiger partial charge in [0.15, 0.2) is 0 Å². The van der Waals surface area contributed by atoms with Crippen LogP contribution in [0.25, 0.3) is 0 Å². The molecular weight excluding hydrogens is 370 g/mol. The standard InChI is InChI=1S/C18H19N3O5S/c1-26-18(23)12-7-11(8-13(9-12)21(24)25)17(22)19-10-16-20-14-5-3-2-4-6-15(14)27-16/h7-9H,2-6,10H2,1H3,(H,19,22). The Balaban J connectivity index is 1.75. The van der Waals surface area contributed by atoms with Gasteiger partial charge in [0.1, 0.15) is 5.01 Å². The topological polar surface area (TPSA) is 111 Å². The summed E-state index contributed by atoms with van der Waals surface area (Å²) >= 11 is 1.60.